The van der Waals surface area contributed by atoms with Crippen molar-refractivity contribution in [3.8, 4) is 11.4 Å². The molecule has 0 saturated heterocycles. The fraction of sp³-hybridized carbons (Fsp3) is 0.222. The van der Waals surface area contributed by atoms with Crippen molar-refractivity contribution in [2.24, 2.45) is 0 Å². The molecule has 2 aromatic rings. The van der Waals surface area contributed by atoms with Gasteiger partial charge in [0, 0.05) is 6.07 Å². The number of benzene rings is 1. The lowest BCUT2D eigenvalue weighted by Gasteiger charge is -2.04. The Bertz CT molecular complexity index is 457. The maximum atomic E-state index is 5.14. The highest BCUT2D eigenvalue weighted by molar-refractivity contribution is 7.98. The second kappa shape index (κ2) is 4.31. The Kier molecular flexibility index (Phi) is 2.86. The van der Waals surface area contributed by atoms with E-state index in [0.29, 0.717) is 0 Å². The van der Waals surface area contributed by atoms with Crippen LogP contribution in [-0.2, 0) is 0 Å². The summed E-state index contributed by atoms with van der Waals surface area (Å²) in [5, 5.41) is 12.2. The van der Waals surface area contributed by atoms with Crippen LogP contribution in [-0.4, -0.2) is 33.6 Å². The second-order valence-corrected chi connectivity index (χ2v) is 3.55. The van der Waals surface area contributed by atoms with Crippen LogP contribution in [0.4, 0.5) is 0 Å². The maximum Gasteiger partial charge on any atom is 0.213 e. The van der Waals surface area contributed by atoms with Crippen molar-refractivity contribution in [1.29, 1.82) is 0 Å². The molecule has 0 bridgehead atoms. The Morgan fingerprint density at radius 1 is 1.40 bits per heavy atom. The minimum atomic E-state index is 0.753. The van der Waals surface area contributed by atoms with Gasteiger partial charge in [-0.25, -0.2) is 0 Å². The van der Waals surface area contributed by atoms with Gasteiger partial charge < -0.3 is 4.74 Å². The van der Waals surface area contributed by atoms with Gasteiger partial charge in [-0.2, -0.15) is 4.68 Å². The Balaban J connectivity index is 2.44. The van der Waals surface area contributed by atoms with Crippen LogP contribution in [0.15, 0.2) is 29.4 Å². The molecule has 0 aliphatic heterocycles. The molecule has 1 heterocycles. The number of thioether (sulfide) groups is 1. The highest BCUT2D eigenvalue weighted by Gasteiger charge is 2.06. The van der Waals surface area contributed by atoms with E-state index in [1.54, 1.807) is 11.8 Å². The summed E-state index contributed by atoms with van der Waals surface area (Å²) in [6.07, 6.45) is 1.93. The largest absolute Gasteiger partial charge is 0.497 e. The molecule has 15 heavy (non-hydrogen) atoms. The van der Waals surface area contributed by atoms with Crippen LogP contribution in [0, 0.1) is 0 Å². The predicted octanol–water partition coefficient (Wildman–Crippen LogP) is 1.39. The average Bonchev–Trinajstić information content (AvgIpc) is 2.77. The standard InChI is InChI=1S/C9H10N4OS/c1-14-8-5-3-4-7(6-8)13-9(15-2)10-11-12-13/h3-6H,1-2H3. The van der Waals surface area contributed by atoms with Gasteiger partial charge in [0.2, 0.25) is 5.16 Å². The van der Waals surface area contributed by atoms with E-state index in [1.165, 1.54) is 11.8 Å². The van der Waals surface area contributed by atoms with Gasteiger partial charge in [0.05, 0.1) is 12.8 Å². The number of aromatic nitrogens is 4. The van der Waals surface area contributed by atoms with E-state index < -0.39 is 0 Å². The first-order valence-corrected chi connectivity index (χ1v) is 5.54. The number of hydrogen-bond acceptors (Lipinski definition) is 5. The molecule has 78 valence electrons. The molecule has 0 aliphatic carbocycles. The molecule has 0 atom stereocenters. The molecule has 2 rings (SSSR count). The van der Waals surface area contributed by atoms with E-state index in [9.17, 15) is 0 Å². The smallest absolute Gasteiger partial charge is 0.213 e. The number of rotatable bonds is 3. The van der Waals surface area contributed by atoms with E-state index in [4.69, 9.17) is 4.74 Å². The number of hydrogen-bond donors (Lipinski definition) is 0. The molecule has 0 unspecified atom stereocenters. The fourth-order valence-electron chi connectivity index (χ4n) is 1.21. The monoisotopic (exact) mass is 222 g/mol. The summed E-state index contributed by atoms with van der Waals surface area (Å²) in [6, 6.07) is 7.60. The summed E-state index contributed by atoms with van der Waals surface area (Å²) in [5.74, 6) is 0.787. The van der Waals surface area contributed by atoms with Gasteiger partial charge in [0.15, 0.2) is 0 Å². The van der Waals surface area contributed by atoms with Crippen LogP contribution in [0.5, 0.6) is 5.75 Å². The first-order chi connectivity index (χ1) is 7.35. The Morgan fingerprint density at radius 2 is 2.27 bits per heavy atom. The lowest BCUT2D eigenvalue weighted by molar-refractivity contribution is 0.414. The van der Waals surface area contributed by atoms with Crippen molar-refractivity contribution >= 4 is 11.8 Å². The number of tetrazole rings is 1. The third-order valence-corrected chi connectivity index (χ3v) is 2.54. The highest BCUT2D eigenvalue weighted by atomic mass is 32.2. The number of ether oxygens (including phenoxy) is 1. The van der Waals surface area contributed by atoms with E-state index >= 15 is 0 Å². The molecule has 0 amide bonds. The molecule has 0 N–H and O–H groups in total. The van der Waals surface area contributed by atoms with Crippen molar-refractivity contribution < 1.29 is 4.74 Å². The highest BCUT2D eigenvalue weighted by Crippen LogP contribution is 2.19. The molecule has 5 nitrogen and oxygen atoms in total. The third-order valence-electron chi connectivity index (χ3n) is 1.92. The van der Waals surface area contributed by atoms with Gasteiger partial charge >= 0.3 is 0 Å². The summed E-state index contributed by atoms with van der Waals surface area (Å²) in [4.78, 5) is 0. The van der Waals surface area contributed by atoms with Crippen molar-refractivity contribution in [2.45, 2.75) is 5.16 Å². The molecule has 1 aromatic heterocycles. The van der Waals surface area contributed by atoms with Gasteiger partial charge in [0.25, 0.3) is 0 Å². The van der Waals surface area contributed by atoms with Crippen LogP contribution in [0.1, 0.15) is 0 Å². The molecule has 0 aliphatic rings. The molecule has 1 aromatic carbocycles. The number of methoxy groups -OCH3 is 1. The third kappa shape index (κ3) is 1.94. The van der Waals surface area contributed by atoms with Gasteiger partial charge in [-0.15, -0.1) is 5.10 Å². The van der Waals surface area contributed by atoms with E-state index in [0.717, 1.165) is 16.6 Å². The minimum Gasteiger partial charge on any atom is -0.497 e. The summed E-state index contributed by atoms with van der Waals surface area (Å²) in [5.41, 5.74) is 0.892. The zero-order chi connectivity index (χ0) is 10.7. The summed E-state index contributed by atoms with van der Waals surface area (Å²) >= 11 is 1.50. The molecule has 0 fully saturated rings. The van der Waals surface area contributed by atoms with Crippen LogP contribution in [0.25, 0.3) is 5.69 Å². The molecular weight excluding hydrogens is 212 g/mol. The van der Waals surface area contributed by atoms with E-state index in [1.807, 2.05) is 30.5 Å². The Morgan fingerprint density at radius 3 is 3.00 bits per heavy atom. The maximum absolute atomic E-state index is 5.14. The average molecular weight is 222 g/mol. The lowest BCUT2D eigenvalue weighted by atomic mass is 10.3. The van der Waals surface area contributed by atoms with Crippen molar-refractivity contribution in [2.75, 3.05) is 13.4 Å². The zero-order valence-electron chi connectivity index (χ0n) is 8.41. The predicted molar refractivity (Wildman–Crippen MR) is 57.5 cm³/mol. The Labute approximate surface area is 91.4 Å². The van der Waals surface area contributed by atoms with E-state index in [-0.39, 0.29) is 0 Å². The molecule has 6 heteroatoms. The van der Waals surface area contributed by atoms with Crippen LogP contribution < -0.4 is 4.74 Å². The van der Waals surface area contributed by atoms with Crippen molar-refractivity contribution in [1.82, 2.24) is 20.2 Å². The quantitative estimate of drug-likeness (QED) is 0.735. The van der Waals surface area contributed by atoms with Crippen LogP contribution in [0.3, 0.4) is 0 Å². The zero-order valence-corrected chi connectivity index (χ0v) is 9.23. The first-order valence-electron chi connectivity index (χ1n) is 4.32. The number of nitrogens with zero attached hydrogens (tertiary/aromatic N) is 4. The Hall–Kier alpha value is -1.56. The molecular formula is C9H10N4OS. The van der Waals surface area contributed by atoms with Crippen LogP contribution >= 0.6 is 11.8 Å². The lowest BCUT2D eigenvalue weighted by Crippen LogP contribution is -1.98. The first kappa shape index (κ1) is 9.97. The molecule has 0 spiro atoms. The summed E-state index contributed by atoms with van der Waals surface area (Å²) in [6.45, 7) is 0. The van der Waals surface area contributed by atoms with Gasteiger partial charge in [-0.05, 0) is 28.8 Å². The van der Waals surface area contributed by atoms with Gasteiger partial charge in [0.1, 0.15) is 5.75 Å². The fourth-order valence-corrected chi connectivity index (χ4v) is 1.64. The van der Waals surface area contributed by atoms with Crippen molar-refractivity contribution in [3.05, 3.63) is 24.3 Å². The minimum absolute atomic E-state index is 0.753. The normalized spacial score (nSPS) is 10.3. The summed E-state index contributed by atoms with van der Waals surface area (Å²) in [7, 11) is 1.63. The topological polar surface area (TPSA) is 52.8 Å². The molecule has 0 saturated carbocycles. The molecule has 0 radical (unpaired) electrons. The summed E-state index contributed by atoms with van der Waals surface area (Å²) < 4.78 is 6.81. The van der Waals surface area contributed by atoms with Gasteiger partial charge in [-0.1, -0.05) is 17.8 Å². The van der Waals surface area contributed by atoms with Gasteiger partial charge in [-0.3, -0.25) is 0 Å². The van der Waals surface area contributed by atoms with Crippen molar-refractivity contribution in [3.63, 3.8) is 0 Å². The van der Waals surface area contributed by atoms with Crippen LogP contribution in [0.2, 0.25) is 0 Å². The SMILES string of the molecule is COc1cccc(-n2nnnc2SC)c1. The second-order valence-electron chi connectivity index (χ2n) is 2.78. The van der Waals surface area contributed by atoms with E-state index in [2.05, 4.69) is 15.5 Å².